The number of imide groups is 2. The van der Waals surface area contributed by atoms with Gasteiger partial charge in [-0.25, -0.2) is 9.29 Å². The molecule has 0 bridgehead atoms. The number of phenols is 1. The van der Waals surface area contributed by atoms with Crippen molar-refractivity contribution in [2.45, 2.75) is 73.6 Å². The molecule has 2 saturated heterocycles. The summed E-state index contributed by atoms with van der Waals surface area (Å²) >= 11 is 14.7. The van der Waals surface area contributed by atoms with Crippen LogP contribution in [-0.4, -0.2) is 49.4 Å². The van der Waals surface area contributed by atoms with E-state index >= 15 is 0 Å². The van der Waals surface area contributed by atoms with Gasteiger partial charge in [0.05, 0.1) is 17.5 Å². The van der Waals surface area contributed by atoms with Crippen molar-refractivity contribution >= 4 is 52.5 Å². The van der Waals surface area contributed by atoms with E-state index in [0.717, 1.165) is 49.1 Å². The number of anilines is 1. The number of aryl methyl sites for hydroxylation is 1. The van der Waals surface area contributed by atoms with Crippen LogP contribution in [0.1, 0.15) is 62.0 Å². The Morgan fingerprint density at radius 3 is 2.30 bits per heavy atom. The Bertz CT molecular complexity index is 1600. The molecule has 0 aromatic heterocycles. The van der Waals surface area contributed by atoms with Gasteiger partial charge in [0.2, 0.25) is 11.8 Å². The number of para-hydroxylation sites is 1. The number of fused-ring (bicyclic) bond motifs is 4. The van der Waals surface area contributed by atoms with E-state index in [2.05, 4.69) is 0 Å². The second-order valence-corrected chi connectivity index (χ2v) is 13.8. The van der Waals surface area contributed by atoms with Crippen LogP contribution in [0.3, 0.4) is 0 Å². The predicted octanol–water partition coefficient (Wildman–Crippen LogP) is 5.74. The number of amides is 4. The number of hydrogen-bond acceptors (Lipinski definition) is 5. The van der Waals surface area contributed by atoms with Gasteiger partial charge < -0.3 is 5.11 Å². The monoisotopic (exact) mass is 624 g/mol. The van der Waals surface area contributed by atoms with Crippen LogP contribution in [0, 0.1) is 30.5 Å². The van der Waals surface area contributed by atoms with Gasteiger partial charge in [-0.1, -0.05) is 49.1 Å². The lowest BCUT2D eigenvalue weighted by Gasteiger charge is -2.50. The molecule has 10 heteroatoms. The molecule has 43 heavy (non-hydrogen) atoms. The molecule has 6 atom stereocenters. The van der Waals surface area contributed by atoms with Crippen molar-refractivity contribution < 1.29 is 28.7 Å². The molecule has 0 radical (unpaired) electrons. The van der Waals surface area contributed by atoms with Crippen LogP contribution in [0.15, 0.2) is 54.1 Å². The Hall–Kier alpha value is -3.23. The van der Waals surface area contributed by atoms with Crippen LogP contribution >= 0.6 is 23.2 Å². The van der Waals surface area contributed by atoms with Gasteiger partial charge in [0.25, 0.3) is 11.8 Å². The molecular weight excluding hydrogens is 594 g/mol. The molecule has 2 aromatic carbocycles. The SMILES string of the molecule is Cc1cccc(C2C3=CCC4C(=O)N(C5CCCCC5)C(=O)C4C3CC3(Cl)C(=O)N(c4ccc(F)cc4)C(=O)C23Cl)c1O. The molecule has 2 saturated carbocycles. The third-order valence-electron chi connectivity index (χ3n) is 10.4. The number of carbonyl (C=O) groups is 4. The number of nitrogens with zero attached hydrogens (tertiary/aromatic N) is 2. The first-order valence-electron chi connectivity index (χ1n) is 14.9. The molecule has 7 nitrogen and oxygen atoms in total. The molecule has 6 unspecified atom stereocenters. The van der Waals surface area contributed by atoms with E-state index in [4.69, 9.17) is 23.2 Å². The normalized spacial score (nSPS) is 34.3. The number of phenolic OH excluding ortho intramolecular Hbond substituents is 1. The number of rotatable bonds is 3. The summed E-state index contributed by atoms with van der Waals surface area (Å²) in [4.78, 5) is 54.8. The summed E-state index contributed by atoms with van der Waals surface area (Å²) in [5.74, 6) is -5.75. The summed E-state index contributed by atoms with van der Waals surface area (Å²) in [6, 6.07) is 9.84. The maximum absolute atomic E-state index is 14.4. The van der Waals surface area contributed by atoms with E-state index < -0.39 is 51.1 Å². The Labute approximate surface area is 258 Å². The first-order chi connectivity index (χ1) is 20.5. The van der Waals surface area contributed by atoms with Gasteiger partial charge in [0.1, 0.15) is 11.6 Å². The molecule has 1 N–H and O–H groups in total. The summed E-state index contributed by atoms with van der Waals surface area (Å²) in [6.45, 7) is 1.72. The second-order valence-electron chi connectivity index (χ2n) is 12.6. The van der Waals surface area contributed by atoms with E-state index in [1.807, 2.05) is 6.08 Å². The highest BCUT2D eigenvalue weighted by molar-refractivity contribution is 6.58. The van der Waals surface area contributed by atoms with Gasteiger partial charge in [-0.05, 0) is 68.4 Å². The molecule has 7 rings (SSSR count). The van der Waals surface area contributed by atoms with Gasteiger partial charge in [0, 0.05) is 17.5 Å². The minimum Gasteiger partial charge on any atom is -0.507 e. The molecule has 2 aliphatic heterocycles. The van der Waals surface area contributed by atoms with Gasteiger partial charge in [-0.2, -0.15) is 0 Å². The first kappa shape index (κ1) is 28.5. The maximum atomic E-state index is 14.4. The number of alkyl halides is 2. The number of halogens is 3. The highest BCUT2D eigenvalue weighted by Crippen LogP contribution is 2.66. The van der Waals surface area contributed by atoms with Crippen LogP contribution in [0.25, 0.3) is 0 Å². The van der Waals surface area contributed by atoms with Crippen molar-refractivity contribution in [2.24, 2.45) is 17.8 Å². The highest BCUT2D eigenvalue weighted by atomic mass is 35.5. The molecule has 224 valence electrons. The number of aromatic hydroxyl groups is 1. The van der Waals surface area contributed by atoms with Gasteiger partial charge in [-0.15, -0.1) is 23.2 Å². The number of allylic oxidation sites excluding steroid dienone is 2. The molecule has 2 aromatic rings. The summed E-state index contributed by atoms with van der Waals surface area (Å²) in [6.07, 6.45) is 6.52. The smallest absolute Gasteiger partial charge is 0.258 e. The average Bonchev–Trinajstić information content (AvgIpc) is 3.34. The number of likely N-dealkylation sites (tertiary alicyclic amines) is 1. The lowest BCUT2D eigenvalue weighted by atomic mass is 9.56. The Kier molecular flexibility index (Phi) is 6.57. The third-order valence-corrected chi connectivity index (χ3v) is 11.9. The summed E-state index contributed by atoms with van der Waals surface area (Å²) in [7, 11) is 0. The number of hydrogen-bond donors (Lipinski definition) is 1. The number of carbonyl (C=O) groups excluding carboxylic acids is 4. The largest absolute Gasteiger partial charge is 0.507 e. The minimum absolute atomic E-state index is 0.0895. The molecule has 0 spiro atoms. The zero-order valence-electron chi connectivity index (χ0n) is 23.6. The summed E-state index contributed by atoms with van der Waals surface area (Å²) in [5, 5.41) is 11.3. The van der Waals surface area contributed by atoms with Crippen molar-refractivity contribution in [1.82, 2.24) is 4.90 Å². The number of benzene rings is 2. The summed E-state index contributed by atoms with van der Waals surface area (Å²) < 4.78 is 13.8. The molecule has 2 heterocycles. The topological polar surface area (TPSA) is 95.0 Å². The maximum Gasteiger partial charge on any atom is 0.258 e. The van der Waals surface area contributed by atoms with Crippen molar-refractivity contribution in [3.05, 3.63) is 71.1 Å². The molecule has 5 aliphatic rings. The first-order valence-corrected chi connectivity index (χ1v) is 15.6. The van der Waals surface area contributed by atoms with Crippen molar-refractivity contribution in [2.75, 3.05) is 4.90 Å². The van der Waals surface area contributed by atoms with Crippen molar-refractivity contribution in [3.63, 3.8) is 0 Å². The van der Waals surface area contributed by atoms with Crippen LogP contribution in [0.4, 0.5) is 10.1 Å². The van der Waals surface area contributed by atoms with Crippen LogP contribution < -0.4 is 4.90 Å². The third kappa shape index (κ3) is 3.78. The van der Waals surface area contributed by atoms with E-state index in [-0.39, 0.29) is 42.1 Å². The fourth-order valence-corrected chi connectivity index (χ4v) is 9.31. The summed E-state index contributed by atoms with van der Waals surface area (Å²) in [5.41, 5.74) is 1.60. The highest BCUT2D eigenvalue weighted by Gasteiger charge is 2.77. The van der Waals surface area contributed by atoms with Crippen LogP contribution in [-0.2, 0) is 19.2 Å². The predicted molar refractivity (Wildman–Crippen MR) is 158 cm³/mol. The Morgan fingerprint density at radius 2 is 1.60 bits per heavy atom. The fraction of sp³-hybridized carbons (Fsp3) is 0.455. The standard InChI is InChI=1S/C33H31Cl2FN2O5/c1-17-6-5-9-23(27(17)39)26-21-14-15-22-25(29(41)37(28(22)40)19-7-3-2-4-8-19)24(21)16-32(34)30(42)38(31(43)33(26,32)35)20-12-10-18(36)11-13-20/h5-6,9-14,19,22,24-26,39H,2-4,7-8,15-16H2,1H3. The second kappa shape index (κ2) is 9.89. The van der Waals surface area contributed by atoms with E-state index in [1.165, 1.54) is 17.0 Å². The van der Waals surface area contributed by atoms with Gasteiger partial charge in [-0.3, -0.25) is 24.1 Å². The Balaban J connectivity index is 1.39. The van der Waals surface area contributed by atoms with Crippen molar-refractivity contribution in [3.8, 4) is 5.75 Å². The fourth-order valence-electron chi connectivity index (χ4n) is 8.38. The zero-order valence-corrected chi connectivity index (χ0v) is 25.1. The lowest BCUT2D eigenvalue weighted by Crippen LogP contribution is -2.60. The van der Waals surface area contributed by atoms with Crippen LogP contribution in [0.5, 0.6) is 5.75 Å². The van der Waals surface area contributed by atoms with Crippen LogP contribution in [0.2, 0.25) is 0 Å². The molecule has 3 aliphatic carbocycles. The van der Waals surface area contributed by atoms with Crippen molar-refractivity contribution in [1.29, 1.82) is 0 Å². The lowest BCUT2D eigenvalue weighted by molar-refractivity contribution is -0.143. The van der Waals surface area contributed by atoms with Gasteiger partial charge in [0.15, 0.2) is 9.75 Å². The molecule has 4 amide bonds. The Morgan fingerprint density at radius 1 is 0.907 bits per heavy atom. The van der Waals surface area contributed by atoms with Gasteiger partial charge >= 0.3 is 0 Å². The van der Waals surface area contributed by atoms with E-state index in [1.54, 1.807) is 25.1 Å². The van der Waals surface area contributed by atoms with E-state index in [0.29, 0.717) is 16.7 Å². The quantitative estimate of drug-likeness (QED) is 0.267. The minimum atomic E-state index is -2.07. The molecule has 4 fully saturated rings. The van der Waals surface area contributed by atoms with E-state index in [9.17, 15) is 28.7 Å². The average molecular weight is 626 g/mol. The molecular formula is C33H31Cl2FN2O5. The zero-order chi connectivity index (χ0) is 30.4.